The van der Waals surface area contributed by atoms with Gasteiger partial charge in [0.1, 0.15) is 0 Å². The molecule has 6 heteroatoms. The molecule has 0 atom stereocenters. The summed E-state index contributed by atoms with van der Waals surface area (Å²) in [6.45, 7) is 5.00. The van der Waals surface area contributed by atoms with Crippen LogP contribution in [0, 0.1) is 0 Å². The molecule has 0 saturated carbocycles. The molecule has 0 aromatic rings. The van der Waals surface area contributed by atoms with Crippen LogP contribution >= 0.6 is 0 Å². The smallest absolute Gasteiger partial charge is 0.379 e. The third-order valence-electron chi connectivity index (χ3n) is 2.52. The topological polar surface area (TPSA) is 24.5 Å². The Kier molecular flexibility index (Phi) is 6.08. The first kappa shape index (κ1) is 13.7. The predicted octanol–water partition coefficient (Wildman–Crippen LogP) is 1.25. The highest BCUT2D eigenvalue weighted by molar-refractivity contribution is 4.62. The molecule has 1 aliphatic rings. The van der Waals surface area contributed by atoms with Gasteiger partial charge in [-0.1, -0.05) is 0 Å². The second-order valence-corrected chi connectivity index (χ2v) is 3.92. The lowest BCUT2D eigenvalue weighted by molar-refractivity contribution is -0.133. The van der Waals surface area contributed by atoms with Crippen LogP contribution in [0.2, 0.25) is 0 Å². The van der Waals surface area contributed by atoms with Gasteiger partial charge in [0.05, 0.1) is 19.6 Å². The summed E-state index contributed by atoms with van der Waals surface area (Å²) in [6.07, 6.45) is -3.90. The normalized spacial score (nSPS) is 18.9. The van der Waals surface area contributed by atoms with E-state index in [1.807, 2.05) is 0 Å². The van der Waals surface area contributed by atoms with Gasteiger partial charge in [0.2, 0.25) is 0 Å². The van der Waals surface area contributed by atoms with Gasteiger partial charge < -0.3 is 10.1 Å². The van der Waals surface area contributed by atoms with Crippen molar-refractivity contribution in [1.82, 2.24) is 10.2 Å². The number of hydrogen-bond acceptors (Lipinski definition) is 3. The maximum absolute atomic E-state index is 11.8. The molecule has 0 bridgehead atoms. The molecule has 1 rings (SSSR count). The Morgan fingerprint density at radius 1 is 1.12 bits per heavy atom. The number of ether oxygens (including phenoxy) is 1. The molecular formula is C10H19F3N2O. The molecule has 0 unspecified atom stereocenters. The van der Waals surface area contributed by atoms with E-state index < -0.39 is 12.6 Å². The highest BCUT2D eigenvalue weighted by Crippen LogP contribution is 2.17. The lowest BCUT2D eigenvalue weighted by atomic mass is 10.3. The molecular weight excluding hydrogens is 221 g/mol. The molecule has 0 radical (unpaired) electrons. The zero-order valence-electron chi connectivity index (χ0n) is 9.35. The molecule has 0 spiro atoms. The van der Waals surface area contributed by atoms with Crippen molar-refractivity contribution in [3.63, 3.8) is 0 Å². The van der Waals surface area contributed by atoms with E-state index in [-0.39, 0.29) is 6.54 Å². The monoisotopic (exact) mass is 240 g/mol. The van der Waals surface area contributed by atoms with Gasteiger partial charge in [-0.25, -0.2) is 0 Å². The fraction of sp³-hybridized carbons (Fsp3) is 1.00. The Labute approximate surface area is 93.9 Å². The van der Waals surface area contributed by atoms with Crippen LogP contribution in [0.1, 0.15) is 12.8 Å². The van der Waals surface area contributed by atoms with Crippen molar-refractivity contribution in [2.24, 2.45) is 0 Å². The lowest BCUT2D eigenvalue weighted by Gasteiger charge is -2.26. The van der Waals surface area contributed by atoms with E-state index in [9.17, 15) is 13.2 Å². The van der Waals surface area contributed by atoms with Crippen molar-refractivity contribution in [1.29, 1.82) is 0 Å². The van der Waals surface area contributed by atoms with Crippen LogP contribution < -0.4 is 5.32 Å². The van der Waals surface area contributed by atoms with Crippen molar-refractivity contribution in [3.8, 4) is 0 Å². The fourth-order valence-corrected chi connectivity index (χ4v) is 1.61. The van der Waals surface area contributed by atoms with Crippen molar-refractivity contribution in [2.45, 2.75) is 19.0 Å². The molecule has 1 N–H and O–H groups in total. The molecule has 16 heavy (non-hydrogen) atoms. The quantitative estimate of drug-likeness (QED) is 0.707. The standard InChI is InChI=1S/C10H19F3N2O/c11-10(12,13)2-4-14-3-1-5-15-6-8-16-9-7-15/h14H,1-9H2. The number of nitrogens with zero attached hydrogens (tertiary/aromatic N) is 1. The number of rotatable bonds is 6. The molecule has 0 aromatic heterocycles. The van der Waals surface area contributed by atoms with E-state index in [0.29, 0.717) is 6.54 Å². The highest BCUT2D eigenvalue weighted by Gasteiger charge is 2.25. The third-order valence-corrected chi connectivity index (χ3v) is 2.52. The summed E-state index contributed by atoms with van der Waals surface area (Å²) in [7, 11) is 0. The molecule has 1 fully saturated rings. The summed E-state index contributed by atoms with van der Waals surface area (Å²) in [4.78, 5) is 2.27. The average molecular weight is 240 g/mol. The minimum Gasteiger partial charge on any atom is -0.379 e. The zero-order valence-corrected chi connectivity index (χ0v) is 9.35. The number of nitrogens with one attached hydrogen (secondary N) is 1. The number of hydrogen-bond donors (Lipinski definition) is 1. The van der Waals surface area contributed by atoms with Crippen LogP contribution in [0.3, 0.4) is 0 Å². The molecule has 1 saturated heterocycles. The predicted molar refractivity (Wildman–Crippen MR) is 55.4 cm³/mol. The van der Waals surface area contributed by atoms with Gasteiger partial charge in [-0.05, 0) is 19.5 Å². The molecule has 0 aromatic carbocycles. The summed E-state index contributed by atoms with van der Waals surface area (Å²) >= 11 is 0. The Morgan fingerprint density at radius 2 is 1.81 bits per heavy atom. The SMILES string of the molecule is FC(F)(F)CCNCCCN1CCOCC1. The van der Waals surface area contributed by atoms with E-state index in [1.54, 1.807) is 0 Å². The number of morpholine rings is 1. The Hall–Kier alpha value is -0.330. The fourth-order valence-electron chi connectivity index (χ4n) is 1.61. The second kappa shape index (κ2) is 7.09. The van der Waals surface area contributed by atoms with Crippen molar-refractivity contribution >= 4 is 0 Å². The van der Waals surface area contributed by atoms with E-state index in [2.05, 4.69) is 10.2 Å². The van der Waals surface area contributed by atoms with Gasteiger partial charge in [0.15, 0.2) is 0 Å². The first-order chi connectivity index (χ1) is 7.58. The van der Waals surface area contributed by atoms with Crippen LogP contribution in [-0.4, -0.2) is 57.0 Å². The minimum atomic E-state index is -4.04. The van der Waals surface area contributed by atoms with Gasteiger partial charge in [0, 0.05) is 19.6 Å². The minimum absolute atomic E-state index is 0.0204. The molecule has 0 aliphatic carbocycles. The average Bonchev–Trinajstić information content (AvgIpc) is 2.23. The van der Waals surface area contributed by atoms with Crippen LogP contribution in [-0.2, 0) is 4.74 Å². The Balaban J connectivity index is 1.87. The van der Waals surface area contributed by atoms with E-state index in [0.717, 1.165) is 39.3 Å². The van der Waals surface area contributed by atoms with E-state index in [4.69, 9.17) is 4.74 Å². The molecule has 1 heterocycles. The van der Waals surface area contributed by atoms with Crippen molar-refractivity contribution in [3.05, 3.63) is 0 Å². The molecule has 3 nitrogen and oxygen atoms in total. The Morgan fingerprint density at radius 3 is 2.44 bits per heavy atom. The number of alkyl halides is 3. The summed E-state index contributed by atoms with van der Waals surface area (Å²) < 4.78 is 40.6. The van der Waals surface area contributed by atoms with Gasteiger partial charge in [-0.15, -0.1) is 0 Å². The van der Waals surface area contributed by atoms with Crippen molar-refractivity contribution in [2.75, 3.05) is 45.9 Å². The van der Waals surface area contributed by atoms with Gasteiger partial charge in [-0.2, -0.15) is 13.2 Å². The number of halogens is 3. The largest absolute Gasteiger partial charge is 0.390 e. The molecule has 1 aliphatic heterocycles. The first-order valence-electron chi connectivity index (χ1n) is 5.65. The van der Waals surface area contributed by atoms with Gasteiger partial charge >= 0.3 is 6.18 Å². The van der Waals surface area contributed by atoms with E-state index in [1.165, 1.54) is 0 Å². The maximum Gasteiger partial charge on any atom is 0.390 e. The zero-order chi connectivity index (χ0) is 11.9. The second-order valence-electron chi connectivity index (χ2n) is 3.92. The summed E-state index contributed by atoms with van der Waals surface area (Å²) in [5.41, 5.74) is 0. The van der Waals surface area contributed by atoms with Crippen LogP contribution in [0.15, 0.2) is 0 Å². The maximum atomic E-state index is 11.8. The molecule has 0 amide bonds. The van der Waals surface area contributed by atoms with Crippen LogP contribution in [0.4, 0.5) is 13.2 Å². The van der Waals surface area contributed by atoms with Gasteiger partial charge in [0.25, 0.3) is 0 Å². The third kappa shape index (κ3) is 7.03. The van der Waals surface area contributed by atoms with Crippen LogP contribution in [0.5, 0.6) is 0 Å². The van der Waals surface area contributed by atoms with Crippen molar-refractivity contribution < 1.29 is 17.9 Å². The summed E-state index contributed by atoms with van der Waals surface area (Å²) in [5, 5.41) is 2.80. The highest BCUT2D eigenvalue weighted by atomic mass is 19.4. The Bertz CT molecular complexity index is 181. The summed E-state index contributed by atoms with van der Waals surface area (Å²) in [5.74, 6) is 0. The summed E-state index contributed by atoms with van der Waals surface area (Å²) in [6, 6.07) is 0. The first-order valence-corrected chi connectivity index (χ1v) is 5.65. The van der Waals surface area contributed by atoms with Gasteiger partial charge in [-0.3, -0.25) is 4.90 Å². The van der Waals surface area contributed by atoms with Crippen LogP contribution in [0.25, 0.3) is 0 Å². The molecule has 96 valence electrons. The van der Waals surface area contributed by atoms with E-state index >= 15 is 0 Å². The lowest BCUT2D eigenvalue weighted by Crippen LogP contribution is -2.37.